The maximum absolute atomic E-state index is 14.0. The van der Waals surface area contributed by atoms with Gasteiger partial charge in [-0.2, -0.15) is 0 Å². The summed E-state index contributed by atoms with van der Waals surface area (Å²) in [5.41, 5.74) is 4.23. The Labute approximate surface area is 338 Å². The van der Waals surface area contributed by atoms with E-state index in [1.807, 2.05) is 36.1 Å². The summed E-state index contributed by atoms with van der Waals surface area (Å²) in [6.07, 6.45) is 0.557. The van der Waals surface area contributed by atoms with Gasteiger partial charge in [0.15, 0.2) is 0 Å². The van der Waals surface area contributed by atoms with Gasteiger partial charge < -0.3 is 25.0 Å². The van der Waals surface area contributed by atoms with Crippen LogP contribution in [-0.4, -0.2) is 87.5 Å². The number of pyridine rings is 2. The molecule has 8 rings (SSSR count). The molecule has 304 valence electrons. The zero-order chi connectivity index (χ0) is 41.0. The number of hydrogen-bond donors (Lipinski definition) is 2. The van der Waals surface area contributed by atoms with Crippen molar-refractivity contribution >= 4 is 40.0 Å². The minimum Gasteiger partial charge on any atom is -0.481 e. The third-order valence-corrected chi connectivity index (χ3v) is 12.5. The number of fused-ring (bicyclic) bond motifs is 2. The first-order valence-electron chi connectivity index (χ1n) is 19.3. The van der Waals surface area contributed by atoms with E-state index in [0.29, 0.717) is 47.5 Å². The number of carbonyl (C=O) groups is 1. The van der Waals surface area contributed by atoms with Crippen LogP contribution in [0.1, 0.15) is 54.1 Å². The highest BCUT2D eigenvalue weighted by Gasteiger charge is 2.46. The lowest BCUT2D eigenvalue weighted by Gasteiger charge is -2.40. The van der Waals surface area contributed by atoms with Gasteiger partial charge in [0.05, 0.1) is 35.5 Å². The van der Waals surface area contributed by atoms with Gasteiger partial charge in [-0.15, -0.1) is 0 Å². The number of urea groups is 1. The van der Waals surface area contributed by atoms with Gasteiger partial charge in [0.1, 0.15) is 16.9 Å². The molecular weight excluding hydrogens is 770 g/mol. The van der Waals surface area contributed by atoms with Crippen molar-refractivity contribution in [3.05, 3.63) is 96.8 Å². The fraction of sp³-hybridized carbons (Fsp3) is 0.405. The Hall–Kier alpha value is -5.38. The van der Waals surface area contributed by atoms with Crippen LogP contribution in [0.25, 0.3) is 33.3 Å². The molecule has 0 bridgehead atoms. The Bertz CT molecular complexity index is 2580. The molecule has 2 atom stereocenters. The number of nitrogens with zero attached hydrogens (tertiary/aromatic N) is 6. The van der Waals surface area contributed by atoms with E-state index >= 15 is 0 Å². The molecule has 0 saturated carbocycles. The molecule has 2 aromatic carbocycles. The third-order valence-electron chi connectivity index (χ3n) is 12.1. The molecule has 3 aliphatic rings. The van der Waals surface area contributed by atoms with Crippen LogP contribution < -0.4 is 26.6 Å². The highest BCUT2D eigenvalue weighted by molar-refractivity contribution is 6.36. The largest absolute Gasteiger partial charge is 0.481 e. The van der Waals surface area contributed by atoms with Gasteiger partial charge in [-0.1, -0.05) is 41.9 Å². The van der Waals surface area contributed by atoms with Crippen molar-refractivity contribution in [3.63, 3.8) is 0 Å². The van der Waals surface area contributed by atoms with Gasteiger partial charge >= 0.3 is 11.7 Å². The van der Waals surface area contributed by atoms with E-state index in [-0.39, 0.29) is 34.3 Å². The van der Waals surface area contributed by atoms with Crippen LogP contribution >= 0.6 is 11.6 Å². The number of halogens is 3. The number of aromatic nitrogens is 4. The third kappa shape index (κ3) is 6.78. The second kappa shape index (κ2) is 15.4. The number of hydrogen-bond acceptors (Lipinski definition) is 9. The summed E-state index contributed by atoms with van der Waals surface area (Å²) in [6, 6.07) is 14.4. The second-order valence-electron chi connectivity index (χ2n) is 15.4. The first kappa shape index (κ1) is 39.4. The zero-order valence-electron chi connectivity index (χ0n) is 33.0. The monoisotopic (exact) mass is 814 g/mol. The summed E-state index contributed by atoms with van der Waals surface area (Å²) in [5, 5.41) is 6.92. The molecule has 16 heteroatoms. The molecule has 5 heterocycles. The van der Waals surface area contributed by atoms with Crippen LogP contribution in [0, 0.1) is 6.92 Å². The summed E-state index contributed by atoms with van der Waals surface area (Å²) in [7, 11) is 6.03. The molecule has 0 radical (unpaired) electrons. The summed E-state index contributed by atoms with van der Waals surface area (Å²) in [6.45, 7) is 5.26. The SMILES string of the molecule is COCCN1CC[C@@]2(CCN([C@@H]3CCc4cc(-c5cccc(-c6cccc(Nc7nc(C(F)F)cc8c7c(=O)n(C)c(=O)n8C)c6C)c5Cl)nc(OC)c43)C2)NC1=O. The molecule has 1 aliphatic carbocycles. The summed E-state index contributed by atoms with van der Waals surface area (Å²) in [4.78, 5) is 52.4. The molecule has 2 N–H and O–H groups in total. The van der Waals surface area contributed by atoms with Crippen LogP contribution in [0.4, 0.5) is 25.1 Å². The fourth-order valence-corrected chi connectivity index (χ4v) is 9.21. The van der Waals surface area contributed by atoms with E-state index in [9.17, 15) is 23.2 Å². The van der Waals surface area contributed by atoms with E-state index in [0.717, 1.165) is 81.8 Å². The zero-order valence-corrected chi connectivity index (χ0v) is 33.8. The van der Waals surface area contributed by atoms with Gasteiger partial charge in [-0.3, -0.25) is 18.8 Å². The molecule has 2 amide bonds. The van der Waals surface area contributed by atoms with Crippen LogP contribution in [0.3, 0.4) is 0 Å². The van der Waals surface area contributed by atoms with E-state index < -0.39 is 23.4 Å². The van der Waals surface area contributed by atoms with Gasteiger partial charge in [0.2, 0.25) is 5.88 Å². The average Bonchev–Trinajstić information content (AvgIpc) is 3.83. The molecular formula is C42H45ClF2N8O5. The Morgan fingerprint density at radius 1 is 1.00 bits per heavy atom. The number of benzene rings is 2. The van der Waals surface area contributed by atoms with Crippen molar-refractivity contribution in [2.24, 2.45) is 14.1 Å². The number of aryl methyl sites for hydroxylation is 2. The summed E-state index contributed by atoms with van der Waals surface area (Å²) in [5.74, 6) is 0.460. The van der Waals surface area contributed by atoms with E-state index in [1.165, 1.54) is 14.1 Å². The van der Waals surface area contributed by atoms with E-state index in [1.54, 1.807) is 26.4 Å². The molecule has 2 saturated heterocycles. The van der Waals surface area contributed by atoms with Crippen molar-refractivity contribution in [1.82, 2.24) is 34.2 Å². The van der Waals surface area contributed by atoms with Gasteiger partial charge in [-0.25, -0.2) is 28.3 Å². The lowest BCUT2D eigenvalue weighted by Crippen LogP contribution is -2.61. The van der Waals surface area contributed by atoms with Crippen molar-refractivity contribution < 1.29 is 23.0 Å². The Morgan fingerprint density at radius 3 is 2.48 bits per heavy atom. The topological polar surface area (TPSA) is 136 Å². The Kier molecular flexibility index (Phi) is 10.5. The van der Waals surface area contributed by atoms with Crippen molar-refractivity contribution in [2.45, 2.75) is 50.6 Å². The quantitative estimate of drug-likeness (QED) is 0.162. The first-order valence-corrected chi connectivity index (χ1v) is 19.6. The number of rotatable bonds is 10. The smallest absolute Gasteiger partial charge is 0.330 e. The van der Waals surface area contributed by atoms with Gasteiger partial charge in [0.25, 0.3) is 12.0 Å². The van der Waals surface area contributed by atoms with Gasteiger partial charge in [0, 0.05) is 75.8 Å². The average molecular weight is 815 g/mol. The maximum Gasteiger partial charge on any atom is 0.330 e. The lowest BCUT2D eigenvalue weighted by molar-refractivity contribution is 0.114. The van der Waals surface area contributed by atoms with Gasteiger partial charge in [-0.05, 0) is 67.5 Å². The molecule has 2 fully saturated rings. The van der Waals surface area contributed by atoms with E-state index in [2.05, 4.69) is 26.6 Å². The second-order valence-corrected chi connectivity index (χ2v) is 15.7. The molecule has 58 heavy (non-hydrogen) atoms. The number of amides is 2. The number of anilines is 2. The number of carbonyl (C=O) groups excluding carboxylic acids is 1. The fourth-order valence-electron chi connectivity index (χ4n) is 8.89. The predicted octanol–water partition coefficient (Wildman–Crippen LogP) is 6.51. The lowest BCUT2D eigenvalue weighted by atomic mass is 9.92. The van der Waals surface area contributed by atoms with Crippen LogP contribution in [0.2, 0.25) is 5.02 Å². The van der Waals surface area contributed by atoms with Crippen molar-refractivity contribution in [3.8, 4) is 28.3 Å². The highest BCUT2D eigenvalue weighted by atomic mass is 35.5. The maximum atomic E-state index is 14.0. The minimum atomic E-state index is -2.94. The highest BCUT2D eigenvalue weighted by Crippen LogP contribution is 2.47. The normalized spacial score (nSPS) is 19.4. The first-order chi connectivity index (χ1) is 27.8. The Balaban J connectivity index is 1.09. The Morgan fingerprint density at radius 2 is 1.74 bits per heavy atom. The molecule has 2 aliphatic heterocycles. The van der Waals surface area contributed by atoms with E-state index in [4.69, 9.17) is 26.1 Å². The van der Waals surface area contributed by atoms with Crippen molar-refractivity contribution in [2.75, 3.05) is 52.3 Å². The molecule has 1 spiro atoms. The number of likely N-dealkylation sites (tertiary alicyclic amines) is 1. The molecule has 0 unspecified atom stereocenters. The van der Waals surface area contributed by atoms with Crippen LogP contribution in [-0.2, 0) is 25.3 Å². The number of nitrogens with one attached hydrogen (secondary N) is 2. The predicted molar refractivity (Wildman–Crippen MR) is 218 cm³/mol. The number of alkyl halides is 2. The molecule has 13 nitrogen and oxygen atoms in total. The number of methoxy groups -OCH3 is 2. The van der Waals surface area contributed by atoms with Crippen LogP contribution in [0.5, 0.6) is 5.88 Å². The minimum absolute atomic E-state index is 0.00718. The molecule has 3 aromatic heterocycles. The standard InChI is InChI=1S/C42H45ClF2N8O5/c1-23-25(8-7-11-28(23)46-37-34-32(21-30(47-37)36(44)45)50(2)41(56)51(3)39(34)54)26-9-6-10-27(35(26)43)29-20-24-12-13-31(33(24)38(48-29)58-5)53-17-15-42(22-53)14-16-52(18-19-57-4)40(55)49-42/h6-11,20-21,31,36H,12-19,22H2,1-5H3,(H,46,47)(H,49,55)/t31-,42+/m1/s1. The summed E-state index contributed by atoms with van der Waals surface area (Å²) >= 11 is 7.25. The van der Waals surface area contributed by atoms with Crippen LogP contribution in [0.15, 0.2) is 58.1 Å². The number of ether oxygens (including phenoxy) is 2. The molecule has 5 aromatic rings. The van der Waals surface area contributed by atoms with Crippen molar-refractivity contribution in [1.29, 1.82) is 0 Å². The summed E-state index contributed by atoms with van der Waals surface area (Å²) < 4.78 is 41.3.